The Kier molecular flexibility index (Phi) is 33.8. The molecule has 0 spiro atoms. The van der Waals surface area contributed by atoms with E-state index in [1.807, 2.05) is 0 Å². The number of unbranched alkanes of at least 4 members (excludes halogenated alkanes) is 11. The van der Waals surface area contributed by atoms with E-state index in [0.717, 1.165) is 116 Å². The third kappa shape index (κ3) is 35.0. The lowest BCUT2D eigenvalue weighted by Gasteiger charge is -2.22. The van der Waals surface area contributed by atoms with Crippen LogP contribution in [0.15, 0.2) is 24.3 Å². The molecule has 264 valence electrons. The van der Waals surface area contributed by atoms with Gasteiger partial charge < -0.3 is 24.0 Å². The predicted octanol–water partition coefficient (Wildman–Crippen LogP) is 8.91. The van der Waals surface area contributed by atoms with E-state index < -0.39 is 0 Å². The fourth-order valence-electron chi connectivity index (χ4n) is 4.95. The Bertz CT molecular complexity index is 662. The van der Waals surface area contributed by atoms with Gasteiger partial charge in [0.25, 0.3) is 0 Å². The maximum absolute atomic E-state index is 12.1. The fraction of sp³-hybridized carbons (Fsp3) is 0.842. The summed E-state index contributed by atoms with van der Waals surface area (Å²) in [6.07, 6.45) is 29.2. The molecule has 7 nitrogen and oxygen atoms in total. The van der Waals surface area contributed by atoms with Crippen LogP contribution in [0.4, 0.5) is 0 Å². The van der Waals surface area contributed by atoms with Crippen LogP contribution in [0, 0.1) is 0 Å². The van der Waals surface area contributed by atoms with Gasteiger partial charge in [0.15, 0.2) is 0 Å². The van der Waals surface area contributed by atoms with Crippen LogP contribution < -0.4 is 0 Å². The number of hydrogen-bond acceptors (Lipinski definition) is 7. The highest BCUT2D eigenvalue weighted by atomic mass is 16.5. The summed E-state index contributed by atoms with van der Waals surface area (Å²) in [5.41, 5.74) is 0. The normalized spacial score (nSPS) is 11.9. The fourth-order valence-corrected chi connectivity index (χ4v) is 4.95. The molecule has 45 heavy (non-hydrogen) atoms. The number of esters is 2. The zero-order valence-electron chi connectivity index (χ0n) is 30.0. The van der Waals surface area contributed by atoms with Gasteiger partial charge in [-0.3, -0.25) is 9.59 Å². The number of nitrogens with zero attached hydrogens (tertiary/aromatic N) is 2. The zero-order valence-corrected chi connectivity index (χ0v) is 30.0. The standard InChI is InChI=1S/C38H72N2O5/c1-5-7-9-11-13-15-24-34-44-37(41)27-19-17-21-30-40(32-36-43-33-26-23-29-39(3)4)31-22-18-20-28-38(42)45-35-25-16-14-12-10-8-6-2/h13-16H,5-12,17-36H2,1-4H3/b15-13-,16-14-. The van der Waals surface area contributed by atoms with E-state index in [-0.39, 0.29) is 11.9 Å². The van der Waals surface area contributed by atoms with Crippen LogP contribution in [0.1, 0.15) is 142 Å². The van der Waals surface area contributed by atoms with Crippen LogP contribution in [-0.4, -0.2) is 88.4 Å². The topological polar surface area (TPSA) is 68.3 Å². The van der Waals surface area contributed by atoms with Crippen LogP contribution in [-0.2, 0) is 23.8 Å². The summed E-state index contributed by atoms with van der Waals surface area (Å²) in [7, 11) is 4.21. The molecule has 0 aromatic carbocycles. The second-order valence-electron chi connectivity index (χ2n) is 12.5. The van der Waals surface area contributed by atoms with Crippen molar-refractivity contribution in [1.29, 1.82) is 0 Å². The Balaban J connectivity index is 4.14. The van der Waals surface area contributed by atoms with E-state index in [1.165, 1.54) is 38.5 Å². The minimum atomic E-state index is -0.0775. The zero-order chi connectivity index (χ0) is 33.1. The van der Waals surface area contributed by atoms with Crippen molar-refractivity contribution in [2.45, 2.75) is 142 Å². The molecule has 0 saturated carbocycles. The quantitative estimate of drug-likeness (QED) is 0.0397. The molecule has 0 rings (SSSR count). The first-order chi connectivity index (χ1) is 22.0. The second-order valence-corrected chi connectivity index (χ2v) is 12.5. The van der Waals surface area contributed by atoms with Crippen molar-refractivity contribution in [3.05, 3.63) is 24.3 Å². The maximum Gasteiger partial charge on any atom is 0.305 e. The number of hydrogen-bond donors (Lipinski definition) is 0. The summed E-state index contributed by atoms with van der Waals surface area (Å²) in [5.74, 6) is -0.155. The van der Waals surface area contributed by atoms with Gasteiger partial charge in [-0.15, -0.1) is 0 Å². The summed E-state index contributed by atoms with van der Waals surface area (Å²) in [6.45, 7) is 11.0. The molecule has 0 aromatic rings. The minimum absolute atomic E-state index is 0.0775. The number of ether oxygens (including phenoxy) is 3. The van der Waals surface area contributed by atoms with Crippen LogP contribution in [0.5, 0.6) is 0 Å². The average molecular weight is 637 g/mol. The molecule has 0 aliphatic rings. The lowest BCUT2D eigenvalue weighted by atomic mass is 10.1. The first kappa shape index (κ1) is 43.3. The van der Waals surface area contributed by atoms with Crippen LogP contribution in [0.2, 0.25) is 0 Å². The molecule has 0 atom stereocenters. The molecule has 0 N–H and O–H groups in total. The molecule has 0 unspecified atom stereocenters. The van der Waals surface area contributed by atoms with Gasteiger partial charge in [0.1, 0.15) is 0 Å². The Hall–Kier alpha value is -1.70. The monoisotopic (exact) mass is 637 g/mol. The number of allylic oxidation sites excluding steroid dienone is 2. The van der Waals surface area contributed by atoms with E-state index in [1.54, 1.807) is 0 Å². The van der Waals surface area contributed by atoms with Crippen LogP contribution in [0.25, 0.3) is 0 Å². The molecule has 0 aromatic heterocycles. The van der Waals surface area contributed by atoms with Gasteiger partial charge in [-0.2, -0.15) is 0 Å². The van der Waals surface area contributed by atoms with E-state index in [2.05, 4.69) is 62.0 Å². The largest absolute Gasteiger partial charge is 0.465 e. The van der Waals surface area contributed by atoms with Gasteiger partial charge in [0.05, 0.1) is 19.8 Å². The van der Waals surface area contributed by atoms with Gasteiger partial charge >= 0.3 is 11.9 Å². The third-order valence-electron chi connectivity index (χ3n) is 7.78. The first-order valence-electron chi connectivity index (χ1n) is 18.6. The Morgan fingerprint density at radius 1 is 0.489 bits per heavy atom. The van der Waals surface area contributed by atoms with E-state index in [0.29, 0.717) is 26.1 Å². The van der Waals surface area contributed by atoms with E-state index in [9.17, 15) is 9.59 Å². The van der Waals surface area contributed by atoms with Crippen molar-refractivity contribution in [3.63, 3.8) is 0 Å². The number of carbonyl (C=O) groups is 2. The first-order valence-corrected chi connectivity index (χ1v) is 18.6. The summed E-state index contributed by atoms with van der Waals surface area (Å²) in [4.78, 5) is 28.8. The SMILES string of the molecule is CCCCC/C=C\CCOC(=O)CCCCCN(CCCCCC(=O)OCC/C=C\CCCCC)CCOCCCCN(C)C. The van der Waals surface area contributed by atoms with Crippen molar-refractivity contribution < 1.29 is 23.8 Å². The molecule has 0 bridgehead atoms. The van der Waals surface area contributed by atoms with E-state index in [4.69, 9.17) is 14.2 Å². The van der Waals surface area contributed by atoms with Gasteiger partial charge in [-0.05, 0) is 111 Å². The molecule has 0 heterocycles. The van der Waals surface area contributed by atoms with Crippen LogP contribution >= 0.6 is 0 Å². The molecule has 0 aliphatic heterocycles. The molecule has 0 amide bonds. The van der Waals surface area contributed by atoms with Gasteiger partial charge in [0.2, 0.25) is 0 Å². The lowest BCUT2D eigenvalue weighted by Crippen LogP contribution is -2.30. The molecule has 0 fully saturated rings. The van der Waals surface area contributed by atoms with Crippen molar-refractivity contribution in [1.82, 2.24) is 9.80 Å². The molecule has 0 saturated heterocycles. The summed E-state index contributed by atoms with van der Waals surface area (Å²) in [5, 5.41) is 0. The highest BCUT2D eigenvalue weighted by Gasteiger charge is 2.08. The lowest BCUT2D eigenvalue weighted by molar-refractivity contribution is -0.144. The number of rotatable bonds is 34. The Labute approximate surface area is 278 Å². The highest BCUT2D eigenvalue weighted by Crippen LogP contribution is 2.08. The second kappa shape index (κ2) is 35.2. The summed E-state index contributed by atoms with van der Waals surface area (Å²) in [6, 6.07) is 0. The molecule has 0 aliphatic carbocycles. The third-order valence-corrected chi connectivity index (χ3v) is 7.78. The maximum atomic E-state index is 12.1. The highest BCUT2D eigenvalue weighted by molar-refractivity contribution is 5.69. The molecule has 7 heteroatoms. The average Bonchev–Trinajstić information content (AvgIpc) is 3.02. The minimum Gasteiger partial charge on any atom is -0.465 e. The molecule has 0 radical (unpaired) electrons. The van der Waals surface area contributed by atoms with Gasteiger partial charge in [-0.25, -0.2) is 0 Å². The Morgan fingerprint density at radius 3 is 1.47 bits per heavy atom. The molecular formula is C38H72N2O5. The Morgan fingerprint density at radius 2 is 0.978 bits per heavy atom. The van der Waals surface area contributed by atoms with Crippen molar-refractivity contribution in [2.24, 2.45) is 0 Å². The van der Waals surface area contributed by atoms with Crippen LogP contribution in [0.3, 0.4) is 0 Å². The predicted molar refractivity (Wildman–Crippen MR) is 190 cm³/mol. The summed E-state index contributed by atoms with van der Waals surface area (Å²) < 4.78 is 16.7. The van der Waals surface area contributed by atoms with Gasteiger partial charge in [0, 0.05) is 26.0 Å². The van der Waals surface area contributed by atoms with Crippen molar-refractivity contribution in [3.8, 4) is 0 Å². The van der Waals surface area contributed by atoms with Gasteiger partial charge in [-0.1, -0.05) is 76.7 Å². The smallest absolute Gasteiger partial charge is 0.305 e. The summed E-state index contributed by atoms with van der Waals surface area (Å²) >= 11 is 0. The number of carbonyl (C=O) groups excluding carboxylic acids is 2. The van der Waals surface area contributed by atoms with Crippen molar-refractivity contribution in [2.75, 3.05) is 66.7 Å². The van der Waals surface area contributed by atoms with Crippen molar-refractivity contribution >= 4 is 11.9 Å². The molecular weight excluding hydrogens is 564 g/mol. The van der Waals surface area contributed by atoms with E-state index >= 15 is 0 Å².